The molecule has 0 saturated heterocycles. The maximum absolute atomic E-state index is 8.43. The molecule has 0 aliphatic carbocycles. The number of aromatic nitrogens is 3. The van der Waals surface area contributed by atoms with Crippen molar-refractivity contribution >= 4 is 5.65 Å². The molecule has 0 spiro atoms. The van der Waals surface area contributed by atoms with Crippen LogP contribution in [0, 0.1) is 18.3 Å². The van der Waals surface area contributed by atoms with E-state index in [4.69, 9.17) is 5.26 Å². The van der Waals surface area contributed by atoms with Gasteiger partial charge in [0.1, 0.15) is 0 Å². The summed E-state index contributed by atoms with van der Waals surface area (Å²) in [6.07, 6.45) is 3.02. The van der Waals surface area contributed by atoms with Crippen molar-refractivity contribution < 1.29 is 0 Å². The van der Waals surface area contributed by atoms with Crippen LogP contribution in [0.1, 0.15) is 17.8 Å². The Hall–Kier alpha value is -1.89. The van der Waals surface area contributed by atoms with Gasteiger partial charge in [-0.1, -0.05) is 6.07 Å². The van der Waals surface area contributed by atoms with Crippen LogP contribution in [0.15, 0.2) is 18.3 Å². The molecule has 0 aliphatic rings. The minimum absolute atomic E-state index is 0.468. The van der Waals surface area contributed by atoms with Crippen LogP contribution >= 0.6 is 0 Å². The topological polar surface area (TPSA) is 54.0 Å². The van der Waals surface area contributed by atoms with Crippen LogP contribution in [-0.2, 0) is 6.42 Å². The van der Waals surface area contributed by atoms with Gasteiger partial charge in [0.05, 0.1) is 6.07 Å². The summed E-state index contributed by atoms with van der Waals surface area (Å²) in [4.78, 5) is 4.29. The van der Waals surface area contributed by atoms with Crippen molar-refractivity contribution in [1.82, 2.24) is 14.6 Å². The summed E-state index contributed by atoms with van der Waals surface area (Å²) in [5, 5.41) is 12.7. The maximum atomic E-state index is 8.43. The molecule has 0 N–H and O–H groups in total. The molecule has 0 aromatic carbocycles. The van der Waals surface area contributed by atoms with Gasteiger partial charge >= 0.3 is 0 Å². The van der Waals surface area contributed by atoms with Crippen LogP contribution in [0.4, 0.5) is 0 Å². The third kappa shape index (κ3) is 1.57. The second-order valence-electron chi connectivity index (χ2n) is 3.20. The van der Waals surface area contributed by atoms with E-state index in [0.717, 1.165) is 17.0 Å². The third-order valence-electron chi connectivity index (χ3n) is 1.98. The van der Waals surface area contributed by atoms with E-state index in [1.54, 1.807) is 4.52 Å². The van der Waals surface area contributed by atoms with Crippen LogP contribution < -0.4 is 0 Å². The molecule has 0 bridgehead atoms. The smallest absolute Gasteiger partial charge is 0.155 e. The van der Waals surface area contributed by atoms with Crippen molar-refractivity contribution in [1.29, 1.82) is 5.26 Å². The van der Waals surface area contributed by atoms with Gasteiger partial charge in [-0.05, 0) is 18.6 Å². The SMILES string of the molecule is Cc1ccc2nc(CCC#N)nn2c1. The minimum Gasteiger partial charge on any atom is -0.221 e. The first-order valence-electron chi connectivity index (χ1n) is 4.48. The fourth-order valence-corrected chi connectivity index (χ4v) is 1.31. The lowest BCUT2D eigenvalue weighted by atomic mass is 10.3. The number of aryl methyl sites for hydroxylation is 2. The highest BCUT2D eigenvalue weighted by atomic mass is 15.3. The molecule has 14 heavy (non-hydrogen) atoms. The standard InChI is InChI=1S/C10H10N4/c1-8-4-5-10-12-9(3-2-6-11)13-14(10)7-8/h4-5,7H,2-3H2,1H3. The van der Waals surface area contributed by atoms with Crippen molar-refractivity contribution in [2.45, 2.75) is 19.8 Å². The molecular formula is C10H10N4. The van der Waals surface area contributed by atoms with Gasteiger partial charge in [0.2, 0.25) is 0 Å². The number of nitriles is 1. The number of fused-ring (bicyclic) bond motifs is 1. The summed E-state index contributed by atoms with van der Waals surface area (Å²) in [7, 11) is 0. The van der Waals surface area contributed by atoms with Gasteiger partial charge in [-0.3, -0.25) is 0 Å². The van der Waals surface area contributed by atoms with Crippen LogP contribution in [0.2, 0.25) is 0 Å². The molecule has 0 amide bonds. The zero-order valence-electron chi connectivity index (χ0n) is 7.94. The highest BCUT2D eigenvalue weighted by Gasteiger charge is 2.02. The molecule has 0 saturated carbocycles. The highest BCUT2D eigenvalue weighted by Crippen LogP contribution is 2.04. The summed E-state index contributed by atoms with van der Waals surface area (Å²) in [6.45, 7) is 2.01. The third-order valence-corrected chi connectivity index (χ3v) is 1.98. The first kappa shape index (κ1) is 8.70. The summed E-state index contributed by atoms with van der Waals surface area (Å²) in [5.41, 5.74) is 1.98. The molecule has 0 aliphatic heterocycles. The summed E-state index contributed by atoms with van der Waals surface area (Å²) < 4.78 is 1.75. The average molecular weight is 186 g/mol. The lowest BCUT2D eigenvalue weighted by Crippen LogP contribution is -1.89. The highest BCUT2D eigenvalue weighted by molar-refractivity contribution is 5.38. The lowest BCUT2D eigenvalue weighted by molar-refractivity contribution is 0.852. The van der Waals surface area contributed by atoms with Crippen molar-refractivity contribution in [3.63, 3.8) is 0 Å². The number of pyridine rings is 1. The van der Waals surface area contributed by atoms with Gasteiger partial charge < -0.3 is 0 Å². The molecule has 4 nitrogen and oxygen atoms in total. The van der Waals surface area contributed by atoms with Crippen molar-refractivity contribution in [3.8, 4) is 6.07 Å². The zero-order chi connectivity index (χ0) is 9.97. The molecule has 70 valence electrons. The minimum atomic E-state index is 0.468. The Bertz CT molecular complexity index is 492. The molecule has 0 unspecified atom stereocenters. The van der Waals surface area contributed by atoms with E-state index in [-0.39, 0.29) is 0 Å². The van der Waals surface area contributed by atoms with Gasteiger partial charge in [0.25, 0.3) is 0 Å². The number of hydrogen-bond donors (Lipinski definition) is 0. The Balaban J connectivity index is 2.37. The van der Waals surface area contributed by atoms with Crippen LogP contribution in [0.25, 0.3) is 5.65 Å². The second-order valence-corrected chi connectivity index (χ2v) is 3.20. The van der Waals surface area contributed by atoms with Crippen molar-refractivity contribution in [2.75, 3.05) is 0 Å². The van der Waals surface area contributed by atoms with E-state index in [1.807, 2.05) is 25.3 Å². The van der Waals surface area contributed by atoms with Crippen LogP contribution in [-0.4, -0.2) is 14.6 Å². The van der Waals surface area contributed by atoms with E-state index >= 15 is 0 Å². The Morgan fingerprint density at radius 3 is 3.14 bits per heavy atom. The van der Waals surface area contributed by atoms with E-state index in [1.165, 1.54) is 0 Å². The largest absolute Gasteiger partial charge is 0.221 e. The van der Waals surface area contributed by atoms with Crippen LogP contribution in [0.3, 0.4) is 0 Å². The van der Waals surface area contributed by atoms with Crippen molar-refractivity contribution in [3.05, 3.63) is 29.7 Å². The van der Waals surface area contributed by atoms with Gasteiger partial charge in [0, 0.05) is 19.0 Å². The van der Waals surface area contributed by atoms with Gasteiger partial charge in [-0.25, -0.2) is 9.50 Å². The maximum Gasteiger partial charge on any atom is 0.155 e. The molecule has 4 heteroatoms. The first-order valence-corrected chi connectivity index (χ1v) is 4.48. The normalized spacial score (nSPS) is 10.3. The summed E-state index contributed by atoms with van der Waals surface area (Å²) in [5.74, 6) is 0.733. The van der Waals surface area contributed by atoms with Gasteiger partial charge in [-0.2, -0.15) is 10.4 Å². The Morgan fingerprint density at radius 1 is 1.50 bits per heavy atom. The predicted molar refractivity (Wildman–Crippen MR) is 51.7 cm³/mol. The van der Waals surface area contributed by atoms with Crippen molar-refractivity contribution in [2.24, 2.45) is 0 Å². The molecular weight excluding hydrogens is 176 g/mol. The molecule has 2 aromatic rings. The van der Waals surface area contributed by atoms with E-state index in [2.05, 4.69) is 16.2 Å². The average Bonchev–Trinajstić information content (AvgIpc) is 2.56. The Morgan fingerprint density at radius 2 is 2.36 bits per heavy atom. The summed E-state index contributed by atoms with van der Waals surface area (Å²) >= 11 is 0. The molecule has 0 atom stereocenters. The van der Waals surface area contributed by atoms with Gasteiger partial charge in [-0.15, -0.1) is 0 Å². The monoisotopic (exact) mass is 186 g/mol. The molecule has 2 rings (SSSR count). The molecule has 2 aromatic heterocycles. The Kier molecular flexibility index (Phi) is 2.15. The van der Waals surface area contributed by atoms with E-state index in [9.17, 15) is 0 Å². The number of hydrogen-bond acceptors (Lipinski definition) is 3. The summed E-state index contributed by atoms with van der Waals surface area (Å²) in [6, 6.07) is 6.01. The first-order chi connectivity index (χ1) is 6.79. The number of rotatable bonds is 2. The quantitative estimate of drug-likeness (QED) is 0.714. The fraction of sp³-hybridized carbons (Fsp3) is 0.300. The van der Waals surface area contributed by atoms with Crippen LogP contribution in [0.5, 0.6) is 0 Å². The number of nitrogens with zero attached hydrogens (tertiary/aromatic N) is 4. The van der Waals surface area contributed by atoms with E-state index < -0.39 is 0 Å². The zero-order valence-corrected chi connectivity index (χ0v) is 7.94. The van der Waals surface area contributed by atoms with E-state index in [0.29, 0.717) is 12.8 Å². The van der Waals surface area contributed by atoms with Gasteiger partial charge in [0.15, 0.2) is 11.5 Å². The fourth-order valence-electron chi connectivity index (χ4n) is 1.31. The molecule has 2 heterocycles. The lowest BCUT2D eigenvalue weighted by Gasteiger charge is -1.91. The Labute approximate surface area is 81.8 Å². The second kappa shape index (κ2) is 3.46. The predicted octanol–water partition coefficient (Wildman–Crippen LogP) is 1.49. The molecule has 0 fully saturated rings. The molecule has 0 radical (unpaired) electrons.